The molecule has 0 bridgehead atoms. The van der Waals surface area contributed by atoms with E-state index in [2.05, 4.69) is 5.32 Å². The van der Waals surface area contributed by atoms with Gasteiger partial charge in [-0.2, -0.15) is 0 Å². The number of carbonyl (C=O) groups excluding carboxylic acids is 1. The number of methoxy groups -OCH3 is 1. The average molecular weight is 265 g/mol. The molecule has 5 nitrogen and oxygen atoms in total. The highest BCUT2D eigenvalue weighted by molar-refractivity contribution is 5.94. The van der Waals surface area contributed by atoms with Crippen LogP contribution in [0.15, 0.2) is 18.2 Å². The first-order valence-corrected chi connectivity index (χ1v) is 6.36. The van der Waals surface area contributed by atoms with Crippen LogP contribution in [-0.2, 0) is 0 Å². The van der Waals surface area contributed by atoms with Crippen molar-refractivity contribution in [3.8, 4) is 11.5 Å². The monoisotopic (exact) mass is 265 g/mol. The van der Waals surface area contributed by atoms with E-state index in [1.807, 2.05) is 0 Å². The lowest BCUT2D eigenvalue weighted by atomic mass is 10.0. The summed E-state index contributed by atoms with van der Waals surface area (Å²) in [5, 5.41) is 21.4. The van der Waals surface area contributed by atoms with Gasteiger partial charge in [0.15, 0.2) is 11.5 Å². The fourth-order valence-electron chi connectivity index (χ4n) is 2.13. The predicted octanol–water partition coefficient (Wildman–Crippen LogP) is 1.29. The number of rotatable bonds is 6. The van der Waals surface area contributed by atoms with Gasteiger partial charge in [0.1, 0.15) is 0 Å². The Labute approximate surface area is 112 Å². The van der Waals surface area contributed by atoms with Crippen LogP contribution in [0.2, 0.25) is 0 Å². The van der Waals surface area contributed by atoms with Gasteiger partial charge in [0, 0.05) is 18.7 Å². The zero-order valence-corrected chi connectivity index (χ0v) is 11.0. The third-order valence-corrected chi connectivity index (χ3v) is 3.66. The fraction of sp³-hybridized carbons (Fsp3) is 0.500. The number of aliphatic hydroxyl groups is 1. The summed E-state index contributed by atoms with van der Waals surface area (Å²) in [4.78, 5) is 11.9. The molecule has 0 unspecified atom stereocenters. The van der Waals surface area contributed by atoms with Gasteiger partial charge in [0.05, 0.1) is 7.11 Å². The summed E-state index contributed by atoms with van der Waals surface area (Å²) in [6, 6.07) is 4.56. The van der Waals surface area contributed by atoms with Crippen molar-refractivity contribution in [2.24, 2.45) is 5.41 Å². The second-order valence-corrected chi connectivity index (χ2v) is 5.04. The molecule has 1 amide bonds. The standard InChI is InChI=1S/C14H19NO4/c1-19-12-3-2-10(8-11(12)17)13(18)15-9-14(4-5-14)6-7-16/h2-3,8,16-17H,4-7,9H2,1H3,(H,15,18). The molecule has 0 spiro atoms. The molecule has 0 saturated heterocycles. The maximum Gasteiger partial charge on any atom is 0.251 e. The van der Waals surface area contributed by atoms with Gasteiger partial charge in [-0.3, -0.25) is 4.79 Å². The van der Waals surface area contributed by atoms with Gasteiger partial charge in [-0.05, 0) is 42.9 Å². The minimum absolute atomic E-state index is 0.0494. The van der Waals surface area contributed by atoms with Crippen LogP contribution >= 0.6 is 0 Å². The van der Waals surface area contributed by atoms with Crippen molar-refractivity contribution in [1.29, 1.82) is 0 Å². The summed E-state index contributed by atoms with van der Waals surface area (Å²) < 4.78 is 4.93. The third kappa shape index (κ3) is 3.17. The molecule has 0 atom stereocenters. The molecule has 0 aliphatic heterocycles. The maximum absolute atomic E-state index is 11.9. The van der Waals surface area contributed by atoms with Crippen LogP contribution in [0, 0.1) is 5.41 Å². The van der Waals surface area contributed by atoms with E-state index in [1.165, 1.54) is 13.2 Å². The molecule has 1 aromatic carbocycles. The van der Waals surface area contributed by atoms with E-state index < -0.39 is 0 Å². The smallest absolute Gasteiger partial charge is 0.251 e. The molecule has 0 heterocycles. The Kier molecular flexibility index (Phi) is 3.95. The van der Waals surface area contributed by atoms with Gasteiger partial charge in [-0.25, -0.2) is 0 Å². The topological polar surface area (TPSA) is 78.8 Å². The van der Waals surface area contributed by atoms with Crippen LogP contribution < -0.4 is 10.1 Å². The Morgan fingerprint density at radius 3 is 2.74 bits per heavy atom. The molecule has 1 aliphatic rings. The Morgan fingerprint density at radius 1 is 1.47 bits per heavy atom. The summed E-state index contributed by atoms with van der Waals surface area (Å²) in [7, 11) is 1.46. The summed E-state index contributed by atoms with van der Waals surface area (Å²) in [5.74, 6) is 0.0734. The first kappa shape index (κ1) is 13.7. The van der Waals surface area contributed by atoms with Crippen molar-refractivity contribution in [2.75, 3.05) is 20.3 Å². The van der Waals surface area contributed by atoms with Crippen molar-refractivity contribution >= 4 is 5.91 Å². The molecular weight excluding hydrogens is 246 g/mol. The molecule has 19 heavy (non-hydrogen) atoms. The predicted molar refractivity (Wildman–Crippen MR) is 70.4 cm³/mol. The normalized spacial score (nSPS) is 15.9. The molecule has 1 fully saturated rings. The third-order valence-electron chi connectivity index (χ3n) is 3.66. The largest absolute Gasteiger partial charge is 0.504 e. The Balaban J connectivity index is 1.95. The van der Waals surface area contributed by atoms with E-state index in [-0.39, 0.29) is 23.7 Å². The second kappa shape index (κ2) is 5.48. The van der Waals surface area contributed by atoms with E-state index in [0.717, 1.165) is 19.3 Å². The van der Waals surface area contributed by atoms with Crippen LogP contribution in [0.25, 0.3) is 0 Å². The number of nitrogens with one attached hydrogen (secondary N) is 1. The van der Waals surface area contributed by atoms with Gasteiger partial charge in [-0.15, -0.1) is 0 Å². The van der Waals surface area contributed by atoms with Crippen molar-refractivity contribution in [1.82, 2.24) is 5.32 Å². The highest BCUT2D eigenvalue weighted by Crippen LogP contribution is 2.47. The van der Waals surface area contributed by atoms with Crippen LogP contribution in [0.5, 0.6) is 11.5 Å². The highest BCUT2D eigenvalue weighted by Gasteiger charge is 2.41. The van der Waals surface area contributed by atoms with Crippen LogP contribution in [0.3, 0.4) is 0 Å². The molecule has 1 aliphatic carbocycles. The van der Waals surface area contributed by atoms with Gasteiger partial charge in [-0.1, -0.05) is 0 Å². The van der Waals surface area contributed by atoms with Crippen molar-refractivity contribution in [3.63, 3.8) is 0 Å². The molecule has 1 aromatic rings. The van der Waals surface area contributed by atoms with Crippen LogP contribution in [0.4, 0.5) is 0 Å². The summed E-state index contributed by atoms with van der Waals surface area (Å²) in [6.45, 7) is 0.721. The molecule has 1 saturated carbocycles. The maximum atomic E-state index is 11.9. The Hall–Kier alpha value is -1.75. The fourth-order valence-corrected chi connectivity index (χ4v) is 2.13. The summed E-state index contributed by atoms with van der Waals surface area (Å²) >= 11 is 0. The quantitative estimate of drug-likeness (QED) is 0.724. The first-order chi connectivity index (χ1) is 9.10. The highest BCUT2D eigenvalue weighted by atomic mass is 16.5. The van der Waals surface area contributed by atoms with Crippen molar-refractivity contribution < 1.29 is 19.7 Å². The number of hydrogen-bond donors (Lipinski definition) is 3. The van der Waals surface area contributed by atoms with Crippen LogP contribution in [0.1, 0.15) is 29.6 Å². The van der Waals surface area contributed by atoms with Crippen molar-refractivity contribution in [3.05, 3.63) is 23.8 Å². The summed E-state index contributed by atoms with van der Waals surface area (Å²) in [6.07, 6.45) is 2.81. The minimum Gasteiger partial charge on any atom is -0.504 e. The Morgan fingerprint density at radius 2 is 2.21 bits per heavy atom. The number of hydrogen-bond acceptors (Lipinski definition) is 4. The zero-order chi connectivity index (χ0) is 13.9. The number of ether oxygens (including phenoxy) is 1. The molecular formula is C14H19NO4. The molecule has 2 rings (SSSR count). The molecule has 5 heteroatoms. The number of phenols is 1. The SMILES string of the molecule is COc1ccc(C(=O)NCC2(CCO)CC2)cc1O. The number of phenolic OH excluding ortho intramolecular Hbond substituents is 1. The van der Waals surface area contributed by atoms with E-state index in [4.69, 9.17) is 9.84 Å². The lowest BCUT2D eigenvalue weighted by Crippen LogP contribution is -2.30. The minimum atomic E-state index is -0.220. The van der Waals surface area contributed by atoms with Gasteiger partial charge >= 0.3 is 0 Å². The van der Waals surface area contributed by atoms with Gasteiger partial charge in [0.25, 0.3) is 5.91 Å². The zero-order valence-electron chi connectivity index (χ0n) is 11.0. The first-order valence-electron chi connectivity index (χ1n) is 6.36. The number of carbonyl (C=O) groups is 1. The van der Waals surface area contributed by atoms with Gasteiger partial charge in [0.2, 0.25) is 0 Å². The molecule has 0 radical (unpaired) electrons. The number of amides is 1. The number of aliphatic hydroxyl groups excluding tert-OH is 1. The van der Waals surface area contributed by atoms with Gasteiger partial charge < -0.3 is 20.3 Å². The lowest BCUT2D eigenvalue weighted by Gasteiger charge is -2.14. The average Bonchev–Trinajstić information content (AvgIpc) is 3.16. The molecule has 3 N–H and O–H groups in total. The van der Waals surface area contributed by atoms with Crippen LogP contribution in [-0.4, -0.2) is 36.4 Å². The van der Waals surface area contributed by atoms with E-state index in [9.17, 15) is 9.90 Å². The van der Waals surface area contributed by atoms with E-state index in [0.29, 0.717) is 17.9 Å². The number of benzene rings is 1. The lowest BCUT2D eigenvalue weighted by molar-refractivity contribution is 0.0940. The summed E-state index contributed by atoms with van der Waals surface area (Å²) in [5.41, 5.74) is 0.483. The van der Waals surface area contributed by atoms with E-state index in [1.54, 1.807) is 12.1 Å². The second-order valence-electron chi connectivity index (χ2n) is 5.04. The Bertz CT molecular complexity index is 469. The molecule has 0 aromatic heterocycles. The van der Waals surface area contributed by atoms with Crippen molar-refractivity contribution in [2.45, 2.75) is 19.3 Å². The number of aromatic hydroxyl groups is 1. The molecule has 104 valence electrons. The van der Waals surface area contributed by atoms with E-state index >= 15 is 0 Å².